The number of benzene rings is 2. The summed E-state index contributed by atoms with van der Waals surface area (Å²) in [7, 11) is 0. The van der Waals surface area contributed by atoms with Gasteiger partial charge in [-0.3, -0.25) is 14.7 Å². The number of nitrogens with one attached hydrogen (secondary N) is 2. The monoisotopic (exact) mass is 448 g/mol. The number of cyclic esters (lactones) is 1. The van der Waals surface area contributed by atoms with Gasteiger partial charge in [-0.05, 0) is 49.2 Å². The Hall–Kier alpha value is -3.10. The number of amides is 2. The number of hydrogen-bond donors (Lipinski definition) is 2. The van der Waals surface area contributed by atoms with Crippen LogP contribution in [0.25, 0.3) is 10.9 Å². The SMILES string of the molecule is O=C1CSc2ccc(N3C[C@@H](CCCNCc4cccc5cccnc45)OC3=O)cc2N1. The van der Waals surface area contributed by atoms with Gasteiger partial charge in [-0.2, -0.15) is 0 Å². The number of aromatic nitrogens is 1. The number of nitrogens with zero attached hydrogens (tertiary/aromatic N) is 2. The van der Waals surface area contributed by atoms with Gasteiger partial charge in [0.25, 0.3) is 0 Å². The van der Waals surface area contributed by atoms with Gasteiger partial charge >= 0.3 is 6.09 Å². The van der Waals surface area contributed by atoms with Crippen molar-refractivity contribution in [2.75, 3.05) is 29.1 Å². The van der Waals surface area contributed by atoms with Crippen molar-refractivity contribution in [3.63, 3.8) is 0 Å². The lowest BCUT2D eigenvalue weighted by atomic mass is 10.1. The Labute approximate surface area is 190 Å². The standard InChI is InChI=1S/C24H24N4O3S/c29-22-15-32-21-9-8-18(12-20(21)27-22)28-14-19(31-24(28)30)7-3-10-25-13-17-5-1-4-16-6-2-11-26-23(16)17/h1-2,4-6,8-9,11-12,19,25H,3,7,10,13-15H2,(H,27,29)/t19-/m1/s1. The van der Waals surface area contributed by atoms with Gasteiger partial charge in [0.15, 0.2) is 0 Å². The normalized spacial score (nSPS) is 17.9. The maximum Gasteiger partial charge on any atom is 0.414 e. The van der Waals surface area contributed by atoms with Crippen LogP contribution in [0.5, 0.6) is 0 Å². The van der Waals surface area contributed by atoms with Gasteiger partial charge < -0.3 is 15.4 Å². The molecule has 1 aromatic heterocycles. The molecule has 3 heterocycles. The second-order valence-electron chi connectivity index (χ2n) is 7.94. The average molecular weight is 449 g/mol. The van der Waals surface area contributed by atoms with Gasteiger partial charge in [-0.15, -0.1) is 11.8 Å². The van der Waals surface area contributed by atoms with Gasteiger partial charge in [0, 0.05) is 28.7 Å². The second-order valence-corrected chi connectivity index (χ2v) is 8.96. The molecule has 7 nitrogen and oxygen atoms in total. The summed E-state index contributed by atoms with van der Waals surface area (Å²) in [5.74, 6) is 0.402. The third-order valence-corrected chi connectivity index (χ3v) is 6.77. The molecule has 2 aromatic carbocycles. The number of hydrogen-bond acceptors (Lipinski definition) is 6. The number of fused-ring (bicyclic) bond motifs is 2. The Balaban J connectivity index is 1.11. The molecule has 3 aromatic rings. The minimum Gasteiger partial charge on any atom is -0.444 e. The maximum absolute atomic E-state index is 12.4. The Morgan fingerprint density at radius 3 is 3.03 bits per heavy atom. The number of rotatable bonds is 7. The minimum absolute atomic E-state index is 0.0201. The zero-order valence-electron chi connectivity index (χ0n) is 17.5. The molecule has 1 saturated heterocycles. The molecule has 2 amide bonds. The number of carbonyl (C=O) groups excluding carboxylic acids is 2. The van der Waals surface area contributed by atoms with Crippen molar-refractivity contribution in [2.45, 2.75) is 30.4 Å². The summed E-state index contributed by atoms with van der Waals surface area (Å²) >= 11 is 1.51. The number of ether oxygens (including phenoxy) is 1. The van der Waals surface area contributed by atoms with E-state index in [0.717, 1.165) is 53.1 Å². The molecule has 0 spiro atoms. The van der Waals surface area contributed by atoms with Crippen molar-refractivity contribution >= 4 is 46.0 Å². The average Bonchev–Trinajstić information content (AvgIpc) is 3.18. The summed E-state index contributed by atoms with van der Waals surface area (Å²) in [6.07, 6.45) is 3.05. The van der Waals surface area contributed by atoms with Gasteiger partial charge in [0.2, 0.25) is 5.91 Å². The van der Waals surface area contributed by atoms with Crippen molar-refractivity contribution in [3.05, 3.63) is 60.3 Å². The molecule has 2 aliphatic heterocycles. The van der Waals surface area contributed by atoms with E-state index in [1.165, 1.54) is 17.3 Å². The van der Waals surface area contributed by atoms with E-state index in [1.54, 1.807) is 4.90 Å². The van der Waals surface area contributed by atoms with Crippen LogP contribution in [0.3, 0.4) is 0 Å². The van der Waals surface area contributed by atoms with Gasteiger partial charge in [0.05, 0.1) is 23.5 Å². The van der Waals surface area contributed by atoms with Crippen molar-refractivity contribution in [1.82, 2.24) is 10.3 Å². The van der Waals surface area contributed by atoms with E-state index < -0.39 is 0 Å². The lowest BCUT2D eigenvalue weighted by molar-refractivity contribution is -0.113. The minimum atomic E-state index is -0.334. The fraction of sp³-hybridized carbons (Fsp3) is 0.292. The topological polar surface area (TPSA) is 83.6 Å². The summed E-state index contributed by atoms with van der Waals surface area (Å²) in [5, 5.41) is 7.49. The van der Waals surface area contributed by atoms with E-state index in [1.807, 2.05) is 30.5 Å². The third-order valence-electron chi connectivity index (χ3n) is 5.69. The number of anilines is 2. The summed E-state index contributed by atoms with van der Waals surface area (Å²) in [6, 6.07) is 15.9. The first-order chi connectivity index (χ1) is 15.7. The van der Waals surface area contributed by atoms with E-state index >= 15 is 0 Å². The highest BCUT2D eigenvalue weighted by molar-refractivity contribution is 8.00. The molecule has 1 fully saturated rings. The number of thioether (sulfide) groups is 1. The van der Waals surface area contributed by atoms with Crippen molar-refractivity contribution in [1.29, 1.82) is 0 Å². The Morgan fingerprint density at radius 1 is 1.19 bits per heavy atom. The molecule has 1 atom stereocenters. The first-order valence-corrected chi connectivity index (χ1v) is 11.7. The zero-order valence-corrected chi connectivity index (χ0v) is 18.4. The largest absolute Gasteiger partial charge is 0.444 e. The van der Waals surface area contributed by atoms with Crippen molar-refractivity contribution in [2.24, 2.45) is 0 Å². The summed E-state index contributed by atoms with van der Waals surface area (Å²) in [5.41, 5.74) is 3.72. The van der Waals surface area contributed by atoms with Crippen LogP contribution in [0, 0.1) is 0 Å². The summed E-state index contributed by atoms with van der Waals surface area (Å²) in [4.78, 5) is 31.2. The number of pyridine rings is 1. The second kappa shape index (κ2) is 9.18. The molecule has 5 rings (SSSR count). The molecule has 0 saturated carbocycles. The van der Waals surface area contributed by atoms with E-state index in [0.29, 0.717) is 12.3 Å². The predicted molar refractivity (Wildman–Crippen MR) is 126 cm³/mol. The first kappa shape index (κ1) is 20.8. The van der Waals surface area contributed by atoms with E-state index in [9.17, 15) is 9.59 Å². The molecule has 0 radical (unpaired) electrons. The zero-order chi connectivity index (χ0) is 21.9. The lowest BCUT2D eigenvalue weighted by Crippen LogP contribution is -2.25. The van der Waals surface area contributed by atoms with Crippen molar-refractivity contribution < 1.29 is 14.3 Å². The van der Waals surface area contributed by atoms with Crippen LogP contribution in [0.2, 0.25) is 0 Å². The van der Waals surface area contributed by atoms with Crippen LogP contribution in [0.15, 0.2) is 59.6 Å². The maximum atomic E-state index is 12.4. The van der Waals surface area contributed by atoms with Crippen LogP contribution in [-0.4, -0.2) is 41.9 Å². The van der Waals surface area contributed by atoms with Crippen LogP contribution in [0.1, 0.15) is 18.4 Å². The fourth-order valence-corrected chi connectivity index (χ4v) is 4.90. The highest BCUT2D eigenvalue weighted by Crippen LogP contribution is 2.35. The van der Waals surface area contributed by atoms with E-state index in [2.05, 4.69) is 39.9 Å². The van der Waals surface area contributed by atoms with Crippen LogP contribution >= 0.6 is 11.8 Å². The number of carbonyl (C=O) groups is 2. The fourth-order valence-electron chi connectivity index (χ4n) is 4.11. The molecule has 2 N–H and O–H groups in total. The third kappa shape index (κ3) is 4.42. The molecular formula is C24H24N4O3S. The Kier molecular flexibility index (Phi) is 5.96. The molecule has 2 aliphatic rings. The smallest absolute Gasteiger partial charge is 0.414 e. The van der Waals surface area contributed by atoms with Crippen LogP contribution in [0.4, 0.5) is 16.2 Å². The quantitative estimate of drug-likeness (QED) is 0.528. The van der Waals surface area contributed by atoms with Crippen LogP contribution in [-0.2, 0) is 16.1 Å². The summed E-state index contributed by atoms with van der Waals surface area (Å²) in [6.45, 7) is 2.11. The molecular weight excluding hydrogens is 424 g/mol. The molecule has 0 bridgehead atoms. The molecule has 0 unspecified atom stereocenters. The Bertz CT molecular complexity index is 1160. The molecule has 32 heavy (non-hydrogen) atoms. The van der Waals surface area contributed by atoms with E-state index in [4.69, 9.17) is 4.74 Å². The Morgan fingerprint density at radius 2 is 2.09 bits per heavy atom. The van der Waals surface area contributed by atoms with Crippen molar-refractivity contribution in [3.8, 4) is 0 Å². The highest BCUT2D eigenvalue weighted by Gasteiger charge is 2.32. The molecule has 0 aliphatic carbocycles. The van der Waals surface area contributed by atoms with Gasteiger partial charge in [-0.25, -0.2) is 4.79 Å². The van der Waals surface area contributed by atoms with Gasteiger partial charge in [0.1, 0.15) is 6.10 Å². The van der Waals surface area contributed by atoms with Crippen LogP contribution < -0.4 is 15.5 Å². The lowest BCUT2D eigenvalue weighted by Gasteiger charge is -2.20. The first-order valence-electron chi connectivity index (χ1n) is 10.8. The van der Waals surface area contributed by atoms with Gasteiger partial charge in [-0.1, -0.05) is 24.3 Å². The highest BCUT2D eigenvalue weighted by atomic mass is 32.2. The molecule has 164 valence electrons. The van der Waals surface area contributed by atoms with E-state index in [-0.39, 0.29) is 18.1 Å². The molecule has 8 heteroatoms. The summed E-state index contributed by atoms with van der Waals surface area (Å²) < 4.78 is 5.57. The number of para-hydroxylation sites is 1. The predicted octanol–water partition coefficient (Wildman–Crippen LogP) is 4.17.